The molecule has 0 fully saturated rings. The normalized spacial score (nSPS) is 10.7. The molecule has 8 heteroatoms. The van der Waals surface area contributed by atoms with E-state index in [1.165, 1.54) is 4.90 Å². The number of ether oxygens (including phenoxy) is 1. The van der Waals surface area contributed by atoms with E-state index in [-0.39, 0.29) is 18.0 Å². The van der Waals surface area contributed by atoms with Gasteiger partial charge < -0.3 is 9.64 Å². The molecule has 0 N–H and O–H groups in total. The second-order valence-electron chi connectivity index (χ2n) is 5.69. The Morgan fingerprint density at radius 3 is 2.69 bits per heavy atom. The molecule has 0 atom stereocenters. The highest BCUT2D eigenvalue weighted by atomic mass is 35.5. The fourth-order valence-corrected chi connectivity index (χ4v) is 2.46. The Hall–Kier alpha value is -2.93. The Kier molecular flexibility index (Phi) is 5.48. The van der Waals surface area contributed by atoms with Gasteiger partial charge in [-0.05, 0) is 36.4 Å². The monoisotopic (exact) mass is 372 g/mol. The quantitative estimate of drug-likeness (QED) is 0.661. The molecule has 3 rings (SSSR count). The topological polar surface area (TPSA) is 77.3 Å². The lowest BCUT2D eigenvalue weighted by molar-refractivity contribution is -0.131. The molecule has 7 nitrogen and oxygen atoms in total. The number of amides is 1. The molecule has 1 aromatic heterocycles. The van der Waals surface area contributed by atoms with Gasteiger partial charge in [0.2, 0.25) is 5.91 Å². The van der Waals surface area contributed by atoms with Gasteiger partial charge in [-0.25, -0.2) is 4.68 Å². The summed E-state index contributed by atoms with van der Waals surface area (Å²) >= 11 is 5.82. The number of rotatable bonds is 6. The summed E-state index contributed by atoms with van der Waals surface area (Å²) in [5.41, 5.74) is 0.167. The van der Waals surface area contributed by atoms with E-state index in [1.54, 1.807) is 55.6 Å². The van der Waals surface area contributed by atoms with E-state index in [2.05, 4.69) is 10.3 Å². The molecule has 0 aliphatic rings. The first kappa shape index (κ1) is 17.9. The Balaban J connectivity index is 1.58. The molecule has 3 aromatic rings. The summed E-state index contributed by atoms with van der Waals surface area (Å²) in [6.45, 7) is 0.521. The molecular formula is C18H17ClN4O3. The van der Waals surface area contributed by atoms with Crippen LogP contribution in [0.5, 0.6) is 5.75 Å². The van der Waals surface area contributed by atoms with Crippen LogP contribution in [0.1, 0.15) is 0 Å². The molecule has 0 bridgehead atoms. The minimum atomic E-state index is -0.338. The third-order valence-electron chi connectivity index (χ3n) is 3.85. The molecule has 134 valence electrons. The smallest absolute Gasteiger partial charge is 0.278 e. The van der Waals surface area contributed by atoms with Crippen LogP contribution in [0.4, 0.5) is 0 Å². The van der Waals surface area contributed by atoms with Crippen LogP contribution >= 0.6 is 11.6 Å². The van der Waals surface area contributed by atoms with Crippen molar-refractivity contribution in [2.45, 2.75) is 6.54 Å². The van der Waals surface area contributed by atoms with Gasteiger partial charge in [0.05, 0.1) is 11.9 Å². The maximum Gasteiger partial charge on any atom is 0.278 e. The number of hydrogen-bond donors (Lipinski definition) is 0. The number of benzene rings is 2. The number of halogens is 1. The van der Waals surface area contributed by atoms with Gasteiger partial charge in [0, 0.05) is 12.1 Å². The predicted molar refractivity (Wildman–Crippen MR) is 98.4 cm³/mol. The summed E-state index contributed by atoms with van der Waals surface area (Å²) in [6, 6.07) is 13.9. The molecule has 2 aromatic carbocycles. The highest BCUT2D eigenvalue weighted by Crippen LogP contribution is 2.15. The Morgan fingerprint density at radius 2 is 1.92 bits per heavy atom. The highest BCUT2D eigenvalue weighted by molar-refractivity contribution is 6.30. The lowest BCUT2D eigenvalue weighted by Gasteiger charge is -2.17. The SMILES string of the molecule is CN(CCOc1ccc(Cl)cc1)C(=O)Cn1nnc2ccccc2c1=O. The largest absolute Gasteiger partial charge is 0.492 e. The van der Waals surface area contributed by atoms with Crippen molar-refractivity contribution in [3.63, 3.8) is 0 Å². The van der Waals surface area contributed by atoms with E-state index < -0.39 is 0 Å². The van der Waals surface area contributed by atoms with Crippen LogP contribution in [-0.4, -0.2) is 46.0 Å². The highest BCUT2D eigenvalue weighted by Gasteiger charge is 2.13. The van der Waals surface area contributed by atoms with Gasteiger partial charge >= 0.3 is 0 Å². The van der Waals surface area contributed by atoms with Crippen molar-refractivity contribution in [2.24, 2.45) is 0 Å². The Bertz CT molecular complexity index is 972. The summed E-state index contributed by atoms with van der Waals surface area (Å²) in [7, 11) is 1.65. The average molecular weight is 373 g/mol. The van der Waals surface area contributed by atoms with Crippen molar-refractivity contribution in [1.29, 1.82) is 0 Å². The first-order valence-corrected chi connectivity index (χ1v) is 8.37. The molecule has 0 saturated heterocycles. The summed E-state index contributed by atoms with van der Waals surface area (Å²) in [5, 5.41) is 8.86. The van der Waals surface area contributed by atoms with Gasteiger partial charge in [-0.15, -0.1) is 5.10 Å². The van der Waals surface area contributed by atoms with E-state index in [1.807, 2.05) is 0 Å². The van der Waals surface area contributed by atoms with Gasteiger partial charge in [0.25, 0.3) is 5.56 Å². The number of carbonyl (C=O) groups is 1. The minimum absolute atomic E-state index is 0.173. The summed E-state index contributed by atoms with van der Waals surface area (Å²) in [6.07, 6.45) is 0. The molecule has 0 unspecified atom stereocenters. The van der Waals surface area contributed by atoms with Crippen LogP contribution in [0.3, 0.4) is 0 Å². The van der Waals surface area contributed by atoms with Crippen LogP contribution in [0.2, 0.25) is 5.02 Å². The molecule has 0 aliphatic heterocycles. The van der Waals surface area contributed by atoms with E-state index in [0.717, 1.165) is 4.68 Å². The Labute approximate surface area is 154 Å². The summed E-state index contributed by atoms with van der Waals surface area (Å²) < 4.78 is 6.64. The second kappa shape index (κ2) is 7.97. The van der Waals surface area contributed by atoms with Crippen molar-refractivity contribution in [3.8, 4) is 5.75 Å². The maximum atomic E-state index is 12.4. The van der Waals surface area contributed by atoms with E-state index in [0.29, 0.717) is 34.8 Å². The standard InChI is InChI=1S/C18H17ClN4O3/c1-22(10-11-26-14-8-6-13(19)7-9-14)17(24)12-23-18(25)15-4-2-3-5-16(15)20-21-23/h2-9H,10-12H2,1H3. The van der Waals surface area contributed by atoms with Gasteiger partial charge in [-0.3, -0.25) is 9.59 Å². The van der Waals surface area contributed by atoms with Gasteiger partial charge in [0.1, 0.15) is 24.4 Å². The fourth-order valence-electron chi connectivity index (χ4n) is 2.33. The number of hydrogen-bond acceptors (Lipinski definition) is 5. The van der Waals surface area contributed by atoms with Gasteiger partial charge in [-0.2, -0.15) is 0 Å². The van der Waals surface area contributed by atoms with Gasteiger partial charge in [-0.1, -0.05) is 28.9 Å². The molecule has 0 aliphatic carbocycles. The van der Waals surface area contributed by atoms with Crippen molar-refractivity contribution in [2.75, 3.05) is 20.2 Å². The number of likely N-dealkylation sites (N-methyl/N-ethyl adjacent to an activating group) is 1. The first-order valence-electron chi connectivity index (χ1n) is 7.99. The number of carbonyl (C=O) groups excluding carboxylic acids is 1. The van der Waals surface area contributed by atoms with E-state index >= 15 is 0 Å². The van der Waals surface area contributed by atoms with Crippen LogP contribution in [-0.2, 0) is 11.3 Å². The fraction of sp³-hybridized carbons (Fsp3) is 0.222. The number of fused-ring (bicyclic) bond motifs is 1. The van der Waals surface area contributed by atoms with Gasteiger partial charge in [0.15, 0.2) is 0 Å². The average Bonchev–Trinajstić information content (AvgIpc) is 2.65. The number of nitrogens with zero attached hydrogens (tertiary/aromatic N) is 4. The zero-order chi connectivity index (χ0) is 18.5. The molecule has 0 radical (unpaired) electrons. The van der Waals surface area contributed by atoms with Crippen LogP contribution in [0, 0.1) is 0 Å². The van der Waals surface area contributed by atoms with Crippen LogP contribution in [0.15, 0.2) is 53.3 Å². The van der Waals surface area contributed by atoms with Crippen molar-refractivity contribution in [1.82, 2.24) is 19.9 Å². The zero-order valence-corrected chi connectivity index (χ0v) is 14.9. The number of aromatic nitrogens is 3. The third-order valence-corrected chi connectivity index (χ3v) is 4.10. The third kappa shape index (κ3) is 4.18. The lowest BCUT2D eigenvalue weighted by atomic mass is 10.2. The maximum absolute atomic E-state index is 12.4. The molecule has 0 saturated carbocycles. The van der Waals surface area contributed by atoms with Crippen molar-refractivity contribution in [3.05, 3.63) is 63.9 Å². The molecule has 1 heterocycles. The lowest BCUT2D eigenvalue weighted by Crippen LogP contribution is -2.37. The summed E-state index contributed by atoms with van der Waals surface area (Å²) in [5.74, 6) is 0.420. The van der Waals surface area contributed by atoms with E-state index in [9.17, 15) is 9.59 Å². The van der Waals surface area contributed by atoms with Crippen LogP contribution in [0.25, 0.3) is 10.9 Å². The first-order chi connectivity index (χ1) is 12.5. The molecular weight excluding hydrogens is 356 g/mol. The minimum Gasteiger partial charge on any atom is -0.492 e. The molecule has 26 heavy (non-hydrogen) atoms. The molecule has 1 amide bonds. The second-order valence-corrected chi connectivity index (χ2v) is 6.12. The van der Waals surface area contributed by atoms with Crippen molar-refractivity contribution >= 4 is 28.4 Å². The Morgan fingerprint density at radius 1 is 1.19 bits per heavy atom. The van der Waals surface area contributed by atoms with Crippen LogP contribution < -0.4 is 10.3 Å². The summed E-state index contributed by atoms with van der Waals surface area (Å²) in [4.78, 5) is 26.2. The van der Waals surface area contributed by atoms with Crippen molar-refractivity contribution < 1.29 is 9.53 Å². The predicted octanol–water partition coefficient (Wildman–Crippen LogP) is 1.98. The van der Waals surface area contributed by atoms with E-state index in [4.69, 9.17) is 16.3 Å². The zero-order valence-electron chi connectivity index (χ0n) is 14.1. The molecule has 0 spiro atoms.